The summed E-state index contributed by atoms with van der Waals surface area (Å²) in [5.41, 5.74) is 0.760. The van der Waals surface area contributed by atoms with Crippen molar-refractivity contribution in [2.75, 3.05) is 0 Å². The molecule has 1 aliphatic carbocycles. The molecule has 0 heterocycles. The van der Waals surface area contributed by atoms with Crippen molar-refractivity contribution in [1.29, 1.82) is 0 Å². The molecule has 0 unspecified atom stereocenters. The molecule has 1 aromatic carbocycles. The first-order valence-corrected chi connectivity index (χ1v) is 12.5. The van der Waals surface area contributed by atoms with Crippen LogP contribution in [-0.4, -0.2) is 20.5 Å². The molecule has 26 heavy (non-hydrogen) atoms. The van der Waals surface area contributed by atoms with Gasteiger partial charge in [-0.25, -0.2) is 4.39 Å². The second kappa shape index (κ2) is 8.53. The number of ether oxygens (including phenoxy) is 1. The van der Waals surface area contributed by atoms with E-state index >= 15 is 0 Å². The van der Waals surface area contributed by atoms with Gasteiger partial charge in [0.25, 0.3) is 0 Å². The van der Waals surface area contributed by atoms with Gasteiger partial charge in [0.1, 0.15) is 17.7 Å². The summed E-state index contributed by atoms with van der Waals surface area (Å²) in [5, 5.41) is 0.152. The van der Waals surface area contributed by atoms with Gasteiger partial charge in [-0.15, -0.1) is 0 Å². The summed E-state index contributed by atoms with van der Waals surface area (Å²) in [5.74, 6) is 0.445. The highest BCUT2D eigenvalue weighted by Crippen LogP contribution is 2.39. The lowest BCUT2D eigenvalue weighted by Crippen LogP contribution is -2.47. The van der Waals surface area contributed by atoms with Gasteiger partial charge in [0.2, 0.25) is 0 Å². The second-order valence-corrected chi connectivity index (χ2v) is 13.3. The van der Waals surface area contributed by atoms with Crippen molar-refractivity contribution in [3.63, 3.8) is 0 Å². The van der Waals surface area contributed by atoms with Gasteiger partial charge in [-0.2, -0.15) is 0 Å². The average Bonchev–Trinajstić information content (AvgIpc) is 2.74. The van der Waals surface area contributed by atoms with Crippen LogP contribution >= 0.6 is 0 Å². The zero-order valence-electron chi connectivity index (χ0n) is 17.0. The Kier molecular flexibility index (Phi) is 6.86. The van der Waals surface area contributed by atoms with Crippen molar-refractivity contribution >= 4 is 14.4 Å². The Balaban J connectivity index is 2.27. The van der Waals surface area contributed by atoms with E-state index in [2.05, 4.69) is 46.0 Å². The fraction of sp³-hybridized carbons (Fsp3) is 0.545. The van der Waals surface area contributed by atoms with Crippen LogP contribution in [0, 0.1) is 5.82 Å². The normalized spacial score (nSPS) is 21.8. The standard InChI is InChI=1S/C22H33FO2Si/c1-7-11-17-16-18(23)14-15-19(17)24-20-12-9-8-10-13-21(20)25-26(5,6)22(2,3)4/h7,9,11-12,14-16,20-21H,8,10,13H2,1-6H3/b11-7-/t20-,21-/m1/s1. The number of halogens is 1. The third-order valence-electron chi connectivity index (χ3n) is 5.38. The van der Waals surface area contributed by atoms with Crippen molar-refractivity contribution in [3.8, 4) is 5.75 Å². The fourth-order valence-electron chi connectivity index (χ4n) is 2.83. The summed E-state index contributed by atoms with van der Waals surface area (Å²) in [6.07, 6.45) is 11.1. The smallest absolute Gasteiger partial charge is 0.192 e. The van der Waals surface area contributed by atoms with E-state index in [1.807, 2.05) is 19.1 Å². The number of benzene rings is 1. The first-order chi connectivity index (χ1) is 12.1. The van der Waals surface area contributed by atoms with Crippen LogP contribution in [0.3, 0.4) is 0 Å². The predicted molar refractivity (Wildman–Crippen MR) is 111 cm³/mol. The van der Waals surface area contributed by atoms with E-state index in [0.717, 1.165) is 24.8 Å². The van der Waals surface area contributed by atoms with Crippen molar-refractivity contribution in [3.05, 3.63) is 47.8 Å². The Morgan fingerprint density at radius 1 is 1.23 bits per heavy atom. The first-order valence-electron chi connectivity index (χ1n) is 9.57. The zero-order chi connectivity index (χ0) is 19.4. The van der Waals surface area contributed by atoms with E-state index in [1.165, 1.54) is 12.1 Å². The predicted octanol–water partition coefficient (Wildman–Crippen LogP) is 6.74. The Labute approximate surface area is 159 Å². The largest absolute Gasteiger partial charge is 0.483 e. The van der Waals surface area contributed by atoms with Crippen LogP contribution < -0.4 is 4.74 Å². The van der Waals surface area contributed by atoms with Gasteiger partial charge in [0.05, 0.1) is 6.10 Å². The number of allylic oxidation sites excluding steroid dienone is 2. The molecule has 0 aliphatic heterocycles. The van der Waals surface area contributed by atoms with Gasteiger partial charge < -0.3 is 9.16 Å². The van der Waals surface area contributed by atoms with Gasteiger partial charge in [-0.3, -0.25) is 0 Å². The maximum absolute atomic E-state index is 13.6. The number of hydrogen-bond acceptors (Lipinski definition) is 2. The van der Waals surface area contributed by atoms with E-state index in [1.54, 1.807) is 6.07 Å². The van der Waals surface area contributed by atoms with Crippen molar-refractivity contribution < 1.29 is 13.6 Å². The Hall–Kier alpha value is -1.39. The molecule has 0 saturated heterocycles. The van der Waals surface area contributed by atoms with Crippen molar-refractivity contribution in [2.24, 2.45) is 0 Å². The quantitative estimate of drug-likeness (QED) is 0.418. The van der Waals surface area contributed by atoms with E-state index in [-0.39, 0.29) is 23.1 Å². The van der Waals surface area contributed by atoms with Crippen LogP contribution in [0.1, 0.15) is 52.5 Å². The molecular weight excluding hydrogens is 343 g/mol. The summed E-state index contributed by atoms with van der Waals surface area (Å²) in [6.45, 7) is 13.2. The van der Waals surface area contributed by atoms with Gasteiger partial charge in [-0.1, -0.05) is 39.0 Å². The highest BCUT2D eigenvalue weighted by Gasteiger charge is 2.41. The van der Waals surface area contributed by atoms with Gasteiger partial charge in [-0.05, 0) is 68.6 Å². The average molecular weight is 377 g/mol. The summed E-state index contributed by atoms with van der Waals surface area (Å²) < 4.78 is 26.7. The molecule has 2 atom stereocenters. The molecule has 2 rings (SSSR count). The summed E-state index contributed by atoms with van der Waals surface area (Å²) in [6, 6.07) is 4.68. The Morgan fingerprint density at radius 2 is 1.96 bits per heavy atom. The lowest BCUT2D eigenvalue weighted by atomic mass is 10.1. The van der Waals surface area contributed by atoms with Gasteiger partial charge in [0.15, 0.2) is 8.32 Å². The molecule has 2 nitrogen and oxygen atoms in total. The molecule has 0 saturated carbocycles. The molecule has 0 amide bonds. The molecule has 0 N–H and O–H groups in total. The van der Waals surface area contributed by atoms with Crippen LogP contribution in [0.5, 0.6) is 5.75 Å². The maximum Gasteiger partial charge on any atom is 0.192 e. The lowest BCUT2D eigenvalue weighted by Gasteiger charge is -2.40. The Bertz CT molecular complexity index is 659. The minimum atomic E-state index is -1.90. The van der Waals surface area contributed by atoms with Crippen LogP contribution in [-0.2, 0) is 4.43 Å². The van der Waals surface area contributed by atoms with E-state index < -0.39 is 8.32 Å². The van der Waals surface area contributed by atoms with Gasteiger partial charge in [0, 0.05) is 5.56 Å². The first kappa shape index (κ1) is 20.9. The summed E-state index contributed by atoms with van der Waals surface area (Å²) in [7, 11) is -1.90. The highest BCUT2D eigenvalue weighted by atomic mass is 28.4. The van der Waals surface area contributed by atoms with E-state index in [9.17, 15) is 4.39 Å². The molecule has 4 heteroatoms. The molecule has 0 spiro atoms. The minimum absolute atomic E-state index is 0.0261. The third-order valence-corrected chi connectivity index (χ3v) is 9.89. The van der Waals surface area contributed by atoms with E-state index in [0.29, 0.717) is 5.75 Å². The molecule has 0 fully saturated rings. The minimum Gasteiger partial charge on any atom is -0.483 e. The number of rotatable bonds is 5. The zero-order valence-corrected chi connectivity index (χ0v) is 18.0. The van der Waals surface area contributed by atoms with Gasteiger partial charge >= 0.3 is 0 Å². The third kappa shape index (κ3) is 5.30. The van der Waals surface area contributed by atoms with E-state index in [4.69, 9.17) is 9.16 Å². The summed E-state index contributed by atoms with van der Waals surface area (Å²) in [4.78, 5) is 0. The topological polar surface area (TPSA) is 18.5 Å². The maximum atomic E-state index is 13.6. The molecule has 0 aromatic heterocycles. The molecular formula is C22H33FO2Si. The fourth-order valence-corrected chi connectivity index (χ4v) is 4.20. The SMILES string of the molecule is C/C=C\c1cc(F)ccc1O[C@@H]1C=CCCC[C@H]1O[Si](C)(C)C(C)(C)C. The second-order valence-electron chi connectivity index (χ2n) is 8.54. The Morgan fingerprint density at radius 3 is 2.62 bits per heavy atom. The van der Waals surface area contributed by atoms with Crippen LogP contribution in [0.15, 0.2) is 36.4 Å². The monoisotopic (exact) mass is 376 g/mol. The van der Waals surface area contributed by atoms with Crippen molar-refractivity contribution in [1.82, 2.24) is 0 Å². The molecule has 144 valence electrons. The molecule has 0 bridgehead atoms. The number of hydrogen-bond donors (Lipinski definition) is 0. The van der Waals surface area contributed by atoms with Crippen LogP contribution in [0.2, 0.25) is 18.1 Å². The lowest BCUT2D eigenvalue weighted by molar-refractivity contribution is 0.0668. The molecule has 1 aliphatic rings. The van der Waals surface area contributed by atoms with Crippen molar-refractivity contribution in [2.45, 2.75) is 77.3 Å². The summed E-state index contributed by atoms with van der Waals surface area (Å²) >= 11 is 0. The molecule has 0 radical (unpaired) electrons. The van der Waals surface area contributed by atoms with Crippen LogP contribution in [0.25, 0.3) is 6.08 Å². The van der Waals surface area contributed by atoms with Crippen LogP contribution in [0.4, 0.5) is 4.39 Å². The highest BCUT2D eigenvalue weighted by molar-refractivity contribution is 6.74. The molecule has 1 aromatic rings.